The van der Waals surface area contributed by atoms with E-state index < -0.39 is 5.63 Å². The lowest BCUT2D eigenvalue weighted by atomic mass is 9.78. The average Bonchev–Trinajstić information content (AvgIpc) is 2.61. The van der Waals surface area contributed by atoms with Gasteiger partial charge in [0, 0.05) is 5.92 Å². The first kappa shape index (κ1) is 14.8. The van der Waals surface area contributed by atoms with E-state index in [4.69, 9.17) is 9.15 Å². The smallest absolute Gasteiger partial charge is 0.343 e. The van der Waals surface area contributed by atoms with Crippen LogP contribution in [0.5, 0.6) is 11.5 Å². The number of methoxy groups -OCH3 is 1. The minimum Gasteiger partial charge on any atom is -0.507 e. The molecule has 1 aliphatic rings. The highest BCUT2D eigenvalue weighted by atomic mass is 16.5. The van der Waals surface area contributed by atoms with Gasteiger partial charge in [0.2, 0.25) is 0 Å². The quantitative estimate of drug-likeness (QED) is 0.725. The van der Waals surface area contributed by atoms with Crippen LogP contribution in [0.1, 0.15) is 35.4 Å². The molecule has 1 aromatic heterocycles. The number of hydrogen-bond acceptors (Lipinski definition) is 4. The molecule has 1 N–H and O–H groups in total. The second-order valence-electron chi connectivity index (χ2n) is 6.12. The molecule has 1 atom stereocenters. The van der Waals surface area contributed by atoms with Crippen LogP contribution in [0, 0.1) is 0 Å². The summed E-state index contributed by atoms with van der Waals surface area (Å²) in [6, 6.07) is 12.9. The minimum atomic E-state index is -0.466. The highest BCUT2D eigenvalue weighted by Gasteiger charge is 2.29. The first-order valence-electron chi connectivity index (χ1n) is 8.11. The van der Waals surface area contributed by atoms with E-state index in [1.807, 2.05) is 24.3 Å². The summed E-state index contributed by atoms with van der Waals surface area (Å²) in [5.41, 5.74) is 2.45. The maximum absolute atomic E-state index is 12.6. The van der Waals surface area contributed by atoms with Crippen LogP contribution in [0.25, 0.3) is 11.0 Å². The van der Waals surface area contributed by atoms with Gasteiger partial charge in [-0.15, -0.1) is 0 Å². The third kappa shape index (κ3) is 2.18. The van der Waals surface area contributed by atoms with Crippen molar-refractivity contribution in [1.82, 2.24) is 0 Å². The van der Waals surface area contributed by atoms with Crippen molar-refractivity contribution in [2.24, 2.45) is 0 Å². The van der Waals surface area contributed by atoms with Crippen molar-refractivity contribution in [3.8, 4) is 11.5 Å². The van der Waals surface area contributed by atoms with Crippen LogP contribution >= 0.6 is 0 Å². The number of rotatable bonds is 2. The van der Waals surface area contributed by atoms with Gasteiger partial charge in [-0.2, -0.15) is 0 Å². The van der Waals surface area contributed by atoms with Crippen LogP contribution in [-0.4, -0.2) is 12.2 Å². The topological polar surface area (TPSA) is 59.7 Å². The Kier molecular flexibility index (Phi) is 3.53. The van der Waals surface area contributed by atoms with E-state index in [0.717, 1.165) is 36.1 Å². The standard InChI is InChI=1S/C20H18O4/c1-23-16-11-5-7-12-13(16)8-4-9-14(12)18-19(21)15-6-2-3-10-17(15)24-20(18)22/h2-3,5-7,10-11,14,21H,4,8-9H2,1H3/t14-/m1/s1. The van der Waals surface area contributed by atoms with Crippen LogP contribution in [0.15, 0.2) is 51.7 Å². The number of para-hydroxylation sites is 1. The second-order valence-corrected chi connectivity index (χ2v) is 6.12. The fourth-order valence-corrected chi connectivity index (χ4v) is 3.76. The van der Waals surface area contributed by atoms with Crippen LogP contribution in [0.2, 0.25) is 0 Å². The minimum absolute atomic E-state index is 0.0301. The lowest BCUT2D eigenvalue weighted by Crippen LogP contribution is -2.19. The zero-order valence-corrected chi connectivity index (χ0v) is 13.4. The molecule has 0 radical (unpaired) electrons. The van der Waals surface area contributed by atoms with Gasteiger partial charge in [0.05, 0.1) is 18.1 Å². The molecule has 0 aliphatic heterocycles. The molecule has 3 aromatic rings. The molecule has 4 nitrogen and oxygen atoms in total. The van der Waals surface area contributed by atoms with Crippen molar-refractivity contribution in [1.29, 1.82) is 0 Å². The fraction of sp³-hybridized carbons (Fsp3) is 0.250. The Balaban J connectivity index is 1.96. The molecule has 0 saturated carbocycles. The molecule has 1 aliphatic carbocycles. The van der Waals surface area contributed by atoms with Crippen molar-refractivity contribution in [2.75, 3.05) is 7.11 Å². The van der Waals surface area contributed by atoms with Gasteiger partial charge in [-0.3, -0.25) is 0 Å². The van der Waals surface area contributed by atoms with Gasteiger partial charge in [-0.05, 0) is 48.6 Å². The number of hydrogen-bond donors (Lipinski definition) is 1. The summed E-state index contributed by atoms with van der Waals surface area (Å²) in [7, 11) is 1.65. The summed E-state index contributed by atoms with van der Waals surface area (Å²) in [6.45, 7) is 0. The van der Waals surface area contributed by atoms with Gasteiger partial charge >= 0.3 is 5.63 Å². The van der Waals surface area contributed by atoms with Crippen LogP contribution in [0.4, 0.5) is 0 Å². The van der Waals surface area contributed by atoms with Gasteiger partial charge in [0.15, 0.2) is 0 Å². The summed E-state index contributed by atoms with van der Waals surface area (Å²) in [5, 5.41) is 11.3. The van der Waals surface area contributed by atoms with E-state index in [2.05, 4.69) is 0 Å². The summed E-state index contributed by atoms with van der Waals surface area (Å²) < 4.78 is 10.9. The van der Waals surface area contributed by atoms with Crippen molar-refractivity contribution in [2.45, 2.75) is 25.2 Å². The molecular formula is C20H18O4. The first-order chi connectivity index (χ1) is 11.7. The molecule has 4 rings (SSSR count). The molecular weight excluding hydrogens is 304 g/mol. The lowest BCUT2D eigenvalue weighted by molar-refractivity contribution is 0.402. The van der Waals surface area contributed by atoms with Gasteiger partial charge in [-0.25, -0.2) is 4.79 Å². The summed E-state index contributed by atoms with van der Waals surface area (Å²) >= 11 is 0. The van der Waals surface area contributed by atoms with E-state index in [1.54, 1.807) is 25.3 Å². The zero-order chi connectivity index (χ0) is 16.7. The largest absolute Gasteiger partial charge is 0.507 e. The van der Waals surface area contributed by atoms with Crippen LogP contribution in [-0.2, 0) is 6.42 Å². The maximum atomic E-state index is 12.6. The third-order valence-corrected chi connectivity index (χ3v) is 4.85. The Labute approximate surface area is 139 Å². The first-order valence-corrected chi connectivity index (χ1v) is 8.11. The van der Waals surface area contributed by atoms with Crippen molar-refractivity contribution in [3.05, 3.63) is 69.6 Å². The van der Waals surface area contributed by atoms with E-state index in [9.17, 15) is 9.90 Å². The zero-order valence-electron chi connectivity index (χ0n) is 13.4. The number of fused-ring (bicyclic) bond motifs is 2. The van der Waals surface area contributed by atoms with Crippen LogP contribution < -0.4 is 10.4 Å². The number of ether oxygens (including phenoxy) is 1. The lowest BCUT2D eigenvalue weighted by Gasteiger charge is -2.27. The molecule has 2 aromatic carbocycles. The van der Waals surface area contributed by atoms with Gasteiger partial charge in [0.25, 0.3) is 0 Å². The number of aromatic hydroxyl groups is 1. The molecule has 0 fully saturated rings. The van der Waals surface area contributed by atoms with E-state index in [-0.39, 0.29) is 11.7 Å². The molecule has 24 heavy (non-hydrogen) atoms. The van der Waals surface area contributed by atoms with Crippen molar-refractivity contribution in [3.63, 3.8) is 0 Å². The molecule has 0 amide bonds. The van der Waals surface area contributed by atoms with Gasteiger partial charge < -0.3 is 14.3 Å². The SMILES string of the molecule is COc1cccc2c1CCC[C@H]2c1c(O)c2ccccc2oc1=O. The normalized spacial score (nSPS) is 16.8. The van der Waals surface area contributed by atoms with Crippen molar-refractivity contribution < 1.29 is 14.3 Å². The molecule has 0 spiro atoms. The van der Waals surface area contributed by atoms with Gasteiger partial charge in [0.1, 0.15) is 17.1 Å². The van der Waals surface area contributed by atoms with E-state index in [0.29, 0.717) is 16.5 Å². The van der Waals surface area contributed by atoms with E-state index in [1.165, 1.54) is 0 Å². The fourth-order valence-electron chi connectivity index (χ4n) is 3.76. The van der Waals surface area contributed by atoms with Crippen LogP contribution in [0.3, 0.4) is 0 Å². The Morgan fingerprint density at radius 1 is 1.17 bits per heavy atom. The highest BCUT2D eigenvalue weighted by molar-refractivity contribution is 5.84. The number of benzene rings is 2. The molecule has 0 bridgehead atoms. The summed E-state index contributed by atoms with van der Waals surface area (Å²) in [4.78, 5) is 12.6. The predicted octanol–water partition coefficient (Wildman–Crippen LogP) is 3.98. The highest BCUT2D eigenvalue weighted by Crippen LogP contribution is 2.43. The molecule has 0 saturated heterocycles. The monoisotopic (exact) mass is 322 g/mol. The summed E-state index contributed by atoms with van der Waals surface area (Å²) in [5.74, 6) is 0.689. The molecule has 122 valence electrons. The average molecular weight is 322 g/mol. The third-order valence-electron chi connectivity index (χ3n) is 4.85. The predicted molar refractivity (Wildman–Crippen MR) is 91.9 cm³/mol. The Hall–Kier alpha value is -2.75. The molecule has 4 heteroatoms. The van der Waals surface area contributed by atoms with Crippen molar-refractivity contribution >= 4 is 11.0 Å². The Morgan fingerprint density at radius 2 is 2.00 bits per heavy atom. The Bertz CT molecular complexity index is 971. The molecule has 0 unspecified atom stereocenters. The maximum Gasteiger partial charge on any atom is 0.343 e. The van der Waals surface area contributed by atoms with Gasteiger partial charge in [-0.1, -0.05) is 24.3 Å². The van der Waals surface area contributed by atoms with E-state index >= 15 is 0 Å². The summed E-state index contributed by atoms with van der Waals surface area (Å²) in [6.07, 6.45) is 2.65. The molecule has 1 heterocycles. The Morgan fingerprint density at radius 3 is 2.83 bits per heavy atom. The second kappa shape index (κ2) is 5.71.